The number of benzene rings is 1. The van der Waals surface area contributed by atoms with Gasteiger partial charge in [-0.1, -0.05) is 39.2 Å². The third-order valence-electron chi connectivity index (χ3n) is 3.13. The highest BCUT2D eigenvalue weighted by atomic mass is 19.1. The molecule has 0 aliphatic carbocycles. The Bertz CT molecular complexity index is 392. The molecule has 0 N–H and O–H groups in total. The first-order chi connectivity index (χ1) is 8.22. The van der Waals surface area contributed by atoms with Crippen molar-refractivity contribution >= 4 is 0 Å². The minimum atomic E-state index is -0.415. The Kier molecular flexibility index (Phi) is 5.69. The second kappa shape index (κ2) is 7.06. The Morgan fingerprint density at radius 1 is 1.24 bits per heavy atom. The largest absolute Gasteiger partial charge is 0.206 e. The lowest BCUT2D eigenvalue weighted by Crippen LogP contribution is -2.00. The van der Waals surface area contributed by atoms with Gasteiger partial charge in [0.1, 0.15) is 11.9 Å². The van der Waals surface area contributed by atoms with Crippen LogP contribution in [0.2, 0.25) is 0 Å². The van der Waals surface area contributed by atoms with Gasteiger partial charge in [-0.05, 0) is 36.5 Å². The predicted octanol–water partition coefficient (Wildman–Crippen LogP) is 4.77. The molecular formula is C15H20FN. The Hall–Kier alpha value is -1.36. The summed E-state index contributed by atoms with van der Waals surface area (Å²) in [6, 6.07) is 6.87. The molecule has 0 bridgehead atoms. The quantitative estimate of drug-likeness (QED) is 0.694. The molecule has 17 heavy (non-hydrogen) atoms. The van der Waals surface area contributed by atoms with Crippen molar-refractivity contribution in [2.75, 3.05) is 0 Å². The molecule has 0 radical (unpaired) electrons. The number of nitrogens with zero attached hydrogens (tertiary/aromatic N) is 1. The SMILES string of the molecule is CCCCC(CCC)c1ccc(F)c(C#N)c1. The molecule has 0 fully saturated rings. The van der Waals surface area contributed by atoms with E-state index < -0.39 is 5.82 Å². The van der Waals surface area contributed by atoms with Crippen molar-refractivity contribution in [1.82, 2.24) is 0 Å². The van der Waals surface area contributed by atoms with E-state index in [2.05, 4.69) is 13.8 Å². The standard InChI is InChI=1S/C15H20FN/c1-3-5-7-12(6-4-2)13-8-9-15(16)14(10-13)11-17/h8-10,12H,3-7H2,1-2H3. The highest BCUT2D eigenvalue weighted by Crippen LogP contribution is 2.28. The third-order valence-corrected chi connectivity index (χ3v) is 3.13. The minimum absolute atomic E-state index is 0.167. The van der Waals surface area contributed by atoms with Crippen molar-refractivity contribution in [2.24, 2.45) is 0 Å². The summed E-state index contributed by atoms with van der Waals surface area (Å²) in [4.78, 5) is 0. The molecule has 2 heteroatoms. The lowest BCUT2D eigenvalue weighted by atomic mass is 9.89. The minimum Gasteiger partial charge on any atom is -0.206 e. The fourth-order valence-corrected chi connectivity index (χ4v) is 2.16. The van der Waals surface area contributed by atoms with Gasteiger partial charge in [0.2, 0.25) is 0 Å². The molecule has 0 saturated carbocycles. The molecule has 0 heterocycles. The van der Waals surface area contributed by atoms with E-state index in [4.69, 9.17) is 5.26 Å². The predicted molar refractivity (Wildman–Crippen MR) is 68.3 cm³/mol. The number of nitriles is 1. The van der Waals surface area contributed by atoms with Gasteiger partial charge in [-0.25, -0.2) is 4.39 Å². The Balaban J connectivity index is 2.89. The average molecular weight is 233 g/mol. The molecule has 1 nitrogen and oxygen atoms in total. The molecule has 1 atom stereocenters. The van der Waals surface area contributed by atoms with Gasteiger partial charge in [-0.3, -0.25) is 0 Å². The zero-order valence-electron chi connectivity index (χ0n) is 10.7. The van der Waals surface area contributed by atoms with Crippen LogP contribution in [0, 0.1) is 17.1 Å². The second-order valence-electron chi connectivity index (χ2n) is 4.48. The van der Waals surface area contributed by atoms with Crippen LogP contribution in [-0.4, -0.2) is 0 Å². The molecule has 0 aromatic heterocycles. The van der Waals surface area contributed by atoms with E-state index in [1.807, 2.05) is 12.1 Å². The first-order valence-corrected chi connectivity index (χ1v) is 6.42. The Labute approximate surface area is 103 Å². The summed E-state index contributed by atoms with van der Waals surface area (Å²) in [5, 5.41) is 8.84. The van der Waals surface area contributed by atoms with E-state index in [9.17, 15) is 4.39 Å². The lowest BCUT2D eigenvalue weighted by Gasteiger charge is -2.16. The highest BCUT2D eigenvalue weighted by molar-refractivity contribution is 5.35. The molecule has 1 rings (SSSR count). The van der Waals surface area contributed by atoms with Crippen molar-refractivity contribution in [3.8, 4) is 6.07 Å². The summed E-state index contributed by atoms with van der Waals surface area (Å²) in [5.74, 6) is 0.0506. The van der Waals surface area contributed by atoms with E-state index in [1.54, 1.807) is 6.07 Å². The molecule has 0 aliphatic rings. The van der Waals surface area contributed by atoms with Crippen LogP contribution in [0.15, 0.2) is 18.2 Å². The first kappa shape index (κ1) is 13.7. The monoisotopic (exact) mass is 233 g/mol. The second-order valence-corrected chi connectivity index (χ2v) is 4.48. The van der Waals surface area contributed by atoms with Gasteiger partial charge in [0, 0.05) is 0 Å². The fraction of sp³-hybridized carbons (Fsp3) is 0.533. The average Bonchev–Trinajstić information content (AvgIpc) is 2.35. The maximum atomic E-state index is 13.2. The fourth-order valence-electron chi connectivity index (χ4n) is 2.16. The van der Waals surface area contributed by atoms with Crippen molar-refractivity contribution in [3.63, 3.8) is 0 Å². The number of rotatable bonds is 6. The van der Waals surface area contributed by atoms with Crippen LogP contribution in [-0.2, 0) is 0 Å². The molecule has 1 aromatic rings. The van der Waals surface area contributed by atoms with E-state index in [0.717, 1.165) is 24.8 Å². The number of unbranched alkanes of at least 4 members (excludes halogenated alkanes) is 1. The molecule has 92 valence electrons. The number of hydrogen-bond donors (Lipinski definition) is 0. The van der Waals surface area contributed by atoms with Gasteiger partial charge in [0.15, 0.2) is 0 Å². The molecule has 0 saturated heterocycles. The zero-order valence-corrected chi connectivity index (χ0v) is 10.7. The summed E-state index contributed by atoms with van der Waals surface area (Å²) >= 11 is 0. The van der Waals surface area contributed by atoms with Crippen LogP contribution < -0.4 is 0 Å². The number of hydrogen-bond acceptors (Lipinski definition) is 1. The van der Waals surface area contributed by atoms with Crippen LogP contribution in [0.1, 0.15) is 63.0 Å². The van der Waals surface area contributed by atoms with Crippen molar-refractivity contribution < 1.29 is 4.39 Å². The molecule has 0 spiro atoms. The van der Waals surface area contributed by atoms with E-state index in [1.165, 1.54) is 18.9 Å². The topological polar surface area (TPSA) is 23.8 Å². The van der Waals surface area contributed by atoms with Crippen molar-refractivity contribution in [3.05, 3.63) is 35.1 Å². The normalized spacial score (nSPS) is 12.1. The van der Waals surface area contributed by atoms with Gasteiger partial charge in [0.25, 0.3) is 0 Å². The van der Waals surface area contributed by atoms with Crippen LogP contribution in [0.4, 0.5) is 4.39 Å². The van der Waals surface area contributed by atoms with Crippen LogP contribution in [0.3, 0.4) is 0 Å². The summed E-state index contributed by atoms with van der Waals surface area (Å²) in [5.41, 5.74) is 1.28. The summed E-state index contributed by atoms with van der Waals surface area (Å²) in [6.45, 7) is 4.34. The molecule has 0 aliphatic heterocycles. The highest BCUT2D eigenvalue weighted by Gasteiger charge is 2.12. The van der Waals surface area contributed by atoms with Crippen molar-refractivity contribution in [2.45, 2.75) is 51.9 Å². The van der Waals surface area contributed by atoms with Crippen molar-refractivity contribution in [1.29, 1.82) is 5.26 Å². The van der Waals surface area contributed by atoms with Crippen LogP contribution in [0.25, 0.3) is 0 Å². The van der Waals surface area contributed by atoms with Gasteiger partial charge >= 0.3 is 0 Å². The molecular weight excluding hydrogens is 213 g/mol. The first-order valence-electron chi connectivity index (χ1n) is 6.42. The Morgan fingerprint density at radius 3 is 2.59 bits per heavy atom. The van der Waals surface area contributed by atoms with Crippen LogP contribution in [0.5, 0.6) is 0 Å². The van der Waals surface area contributed by atoms with Gasteiger partial charge in [0.05, 0.1) is 5.56 Å². The third kappa shape index (κ3) is 3.85. The lowest BCUT2D eigenvalue weighted by molar-refractivity contribution is 0.539. The van der Waals surface area contributed by atoms with Gasteiger partial charge in [-0.2, -0.15) is 5.26 Å². The summed E-state index contributed by atoms with van der Waals surface area (Å²) in [7, 11) is 0. The molecule has 1 unspecified atom stereocenters. The molecule has 0 amide bonds. The van der Waals surface area contributed by atoms with E-state index in [-0.39, 0.29) is 5.56 Å². The number of halogens is 1. The molecule has 1 aromatic carbocycles. The smallest absolute Gasteiger partial charge is 0.140 e. The summed E-state index contributed by atoms with van der Waals surface area (Å²) < 4.78 is 13.2. The maximum absolute atomic E-state index is 13.2. The summed E-state index contributed by atoms with van der Waals surface area (Å²) in [6.07, 6.45) is 5.71. The van der Waals surface area contributed by atoms with Gasteiger partial charge in [-0.15, -0.1) is 0 Å². The maximum Gasteiger partial charge on any atom is 0.140 e. The van der Waals surface area contributed by atoms with Crippen LogP contribution >= 0.6 is 0 Å². The zero-order chi connectivity index (χ0) is 12.7. The van der Waals surface area contributed by atoms with E-state index in [0.29, 0.717) is 5.92 Å². The van der Waals surface area contributed by atoms with E-state index >= 15 is 0 Å². The Morgan fingerprint density at radius 2 is 2.00 bits per heavy atom. The van der Waals surface area contributed by atoms with Gasteiger partial charge < -0.3 is 0 Å².